The van der Waals surface area contributed by atoms with Crippen LogP contribution in [0.4, 0.5) is 13.2 Å². The van der Waals surface area contributed by atoms with Gasteiger partial charge in [-0.2, -0.15) is 13.2 Å². The van der Waals surface area contributed by atoms with Crippen molar-refractivity contribution in [1.29, 1.82) is 0 Å². The third-order valence-electron chi connectivity index (χ3n) is 3.51. The normalized spacial score (nSPS) is 12.2. The van der Waals surface area contributed by atoms with Gasteiger partial charge in [0, 0.05) is 26.0 Å². The molecule has 0 atom stereocenters. The summed E-state index contributed by atoms with van der Waals surface area (Å²) in [7, 11) is 1.63. The van der Waals surface area contributed by atoms with Crippen LogP contribution >= 0.6 is 0 Å². The number of aliphatic imine (C=N–C) groups is 1. The monoisotopic (exact) mass is 333 g/mol. The summed E-state index contributed by atoms with van der Waals surface area (Å²) in [5.41, 5.74) is 1.88. The Morgan fingerprint density at radius 1 is 1.25 bits per heavy atom. The summed E-state index contributed by atoms with van der Waals surface area (Å²) in [6, 6.07) is 8.93. The average Bonchev–Trinajstić information content (AvgIpc) is 3.16. The zero-order valence-electron chi connectivity index (χ0n) is 12.7. The number of H-pyrrole nitrogens is 1. The fourth-order valence-corrected chi connectivity index (χ4v) is 2.45. The second-order valence-corrected chi connectivity index (χ2v) is 5.18. The summed E-state index contributed by atoms with van der Waals surface area (Å²) in [6.45, 7) is 0.293. The fourth-order valence-electron chi connectivity index (χ4n) is 2.45. The van der Waals surface area contributed by atoms with Crippen LogP contribution in [0.1, 0.15) is 16.8 Å². The Balaban J connectivity index is 1.93. The third kappa shape index (κ3) is 3.22. The van der Waals surface area contributed by atoms with Crippen molar-refractivity contribution in [2.45, 2.75) is 12.7 Å². The molecule has 24 heavy (non-hydrogen) atoms. The van der Waals surface area contributed by atoms with E-state index in [1.54, 1.807) is 25.5 Å². The first-order chi connectivity index (χ1) is 11.5. The quantitative estimate of drug-likeness (QED) is 0.744. The van der Waals surface area contributed by atoms with Gasteiger partial charge < -0.3 is 4.57 Å². The smallest absolute Gasteiger partial charge is 0.342 e. The molecule has 0 saturated carbocycles. The minimum Gasteiger partial charge on any atom is -0.342 e. The van der Waals surface area contributed by atoms with E-state index in [0.29, 0.717) is 23.5 Å². The van der Waals surface area contributed by atoms with Gasteiger partial charge in [-0.15, -0.1) is 5.10 Å². The molecule has 1 N–H and O–H groups in total. The molecule has 124 valence electrons. The third-order valence-corrected chi connectivity index (χ3v) is 3.51. The maximum atomic E-state index is 12.8. The largest absolute Gasteiger partial charge is 0.416 e. The van der Waals surface area contributed by atoms with Gasteiger partial charge in [0.15, 0.2) is 0 Å². The number of halogens is 3. The van der Waals surface area contributed by atoms with Crippen LogP contribution in [0.15, 0.2) is 47.6 Å². The summed E-state index contributed by atoms with van der Waals surface area (Å²) >= 11 is 0. The van der Waals surface area contributed by atoms with Crippen LogP contribution in [0.2, 0.25) is 0 Å². The van der Waals surface area contributed by atoms with Crippen molar-refractivity contribution < 1.29 is 13.2 Å². The highest BCUT2D eigenvalue weighted by Crippen LogP contribution is 2.30. The van der Waals surface area contributed by atoms with Gasteiger partial charge in [0.25, 0.3) is 0 Å². The van der Waals surface area contributed by atoms with E-state index in [9.17, 15) is 13.2 Å². The van der Waals surface area contributed by atoms with Crippen LogP contribution in [0.5, 0.6) is 0 Å². The molecule has 3 rings (SSSR count). The molecule has 0 aliphatic heterocycles. The Kier molecular flexibility index (Phi) is 4.20. The highest BCUT2D eigenvalue weighted by molar-refractivity contribution is 5.85. The molecule has 3 aromatic rings. The number of hydrogen-bond acceptors (Lipinski definition) is 3. The predicted octanol–water partition coefficient (Wildman–Crippen LogP) is 3.39. The first-order valence-electron chi connectivity index (χ1n) is 7.14. The second-order valence-electron chi connectivity index (χ2n) is 5.18. The van der Waals surface area contributed by atoms with Crippen LogP contribution in [-0.2, 0) is 12.7 Å². The summed E-state index contributed by atoms with van der Waals surface area (Å²) in [5, 5.41) is 10.5. The molecule has 0 aliphatic carbocycles. The zero-order valence-corrected chi connectivity index (χ0v) is 12.7. The lowest BCUT2D eigenvalue weighted by atomic mass is 10.1. The van der Waals surface area contributed by atoms with Crippen LogP contribution in [0.25, 0.3) is 11.4 Å². The van der Waals surface area contributed by atoms with E-state index >= 15 is 0 Å². The molecule has 0 radical (unpaired) electrons. The molecule has 0 unspecified atom stereocenters. The van der Waals surface area contributed by atoms with Gasteiger partial charge in [-0.05, 0) is 29.8 Å². The van der Waals surface area contributed by atoms with Crippen molar-refractivity contribution in [3.05, 3.63) is 59.4 Å². The first kappa shape index (κ1) is 16.0. The van der Waals surface area contributed by atoms with Crippen LogP contribution in [-0.4, -0.2) is 33.2 Å². The molecular formula is C16H14F3N5. The topological polar surface area (TPSA) is 58.9 Å². The fraction of sp³-hybridized carbons (Fsp3) is 0.188. The summed E-state index contributed by atoms with van der Waals surface area (Å²) in [5.74, 6) is 0. The Labute approximate surface area is 135 Å². The van der Waals surface area contributed by atoms with Crippen LogP contribution < -0.4 is 0 Å². The van der Waals surface area contributed by atoms with Gasteiger partial charge in [-0.3, -0.25) is 10.1 Å². The SMILES string of the molecule is C/N=C/c1[nH]nnc1-c1cccn1Cc1cccc(C(F)(F)F)c1. The molecule has 2 heterocycles. The number of hydrogen-bond donors (Lipinski definition) is 1. The number of benzene rings is 1. The highest BCUT2D eigenvalue weighted by Gasteiger charge is 2.30. The van der Waals surface area contributed by atoms with E-state index in [0.717, 1.165) is 17.8 Å². The molecule has 5 nitrogen and oxygen atoms in total. The van der Waals surface area contributed by atoms with E-state index in [2.05, 4.69) is 20.4 Å². The van der Waals surface area contributed by atoms with Gasteiger partial charge in [0.1, 0.15) is 11.4 Å². The molecule has 2 aromatic heterocycles. The number of aromatic amines is 1. The number of alkyl halides is 3. The maximum Gasteiger partial charge on any atom is 0.416 e. The molecular weight excluding hydrogens is 319 g/mol. The van der Waals surface area contributed by atoms with Crippen molar-refractivity contribution in [1.82, 2.24) is 20.0 Å². The molecule has 0 fully saturated rings. The number of nitrogens with one attached hydrogen (secondary N) is 1. The molecule has 1 aromatic carbocycles. The van der Waals surface area contributed by atoms with Gasteiger partial charge in [0.2, 0.25) is 0 Å². The molecule has 0 amide bonds. The lowest BCUT2D eigenvalue weighted by Crippen LogP contribution is -2.07. The van der Waals surface area contributed by atoms with Crippen molar-refractivity contribution in [3.63, 3.8) is 0 Å². The van der Waals surface area contributed by atoms with Crippen LogP contribution in [0, 0.1) is 0 Å². The van der Waals surface area contributed by atoms with Crippen LogP contribution in [0.3, 0.4) is 0 Å². The maximum absolute atomic E-state index is 12.8. The number of rotatable bonds is 4. The van der Waals surface area contributed by atoms with E-state index < -0.39 is 11.7 Å². The molecule has 0 saturated heterocycles. The highest BCUT2D eigenvalue weighted by atomic mass is 19.4. The van der Waals surface area contributed by atoms with Crippen molar-refractivity contribution in [2.24, 2.45) is 4.99 Å². The Morgan fingerprint density at radius 3 is 2.83 bits per heavy atom. The van der Waals surface area contributed by atoms with Crippen molar-refractivity contribution in [3.8, 4) is 11.4 Å². The van der Waals surface area contributed by atoms with E-state index in [-0.39, 0.29) is 0 Å². The van der Waals surface area contributed by atoms with E-state index in [1.807, 2.05) is 16.7 Å². The van der Waals surface area contributed by atoms with E-state index in [4.69, 9.17) is 0 Å². The molecule has 0 spiro atoms. The average molecular weight is 333 g/mol. The lowest BCUT2D eigenvalue weighted by molar-refractivity contribution is -0.137. The van der Waals surface area contributed by atoms with Gasteiger partial charge in [0.05, 0.1) is 11.3 Å². The second kappa shape index (κ2) is 6.31. The Bertz CT molecular complexity index is 860. The zero-order chi connectivity index (χ0) is 17.2. The number of nitrogens with zero attached hydrogens (tertiary/aromatic N) is 4. The molecule has 0 bridgehead atoms. The lowest BCUT2D eigenvalue weighted by Gasteiger charge is -2.11. The summed E-state index contributed by atoms with van der Waals surface area (Å²) in [4.78, 5) is 3.93. The minimum atomic E-state index is -4.35. The minimum absolute atomic E-state index is 0.293. The Morgan fingerprint density at radius 2 is 2.08 bits per heavy atom. The summed E-state index contributed by atoms with van der Waals surface area (Å²) < 4.78 is 40.3. The van der Waals surface area contributed by atoms with E-state index in [1.165, 1.54) is 6.07 Å². The first-order valence-corrected chi connectivity index (χ1v) is 7.14. The van der Waals surface area contributed by atoms with Crippen molar-refractivity contribution >= 4 is 6.21 Å². The van der Waals surface area contributed by atoms with Gasteiger partial charge >= 0.3 is 6.18 Å². The van der Waals surface area contributed by atoms with Gasteiger partial charge in [-0.1, -0.05) is 17.3 Å². The van der Waals surface area contributed by atoms with Crippen molar-refractivity contribution in [2.75, 3.05) is 7.05 Å². The Hall–Kier alpha value is -2.90. The number of aromatic nitrogens is 4. The van der Waals surface area contributed by atoms with Gasteiger partial charge in [-0.25, -0.2) is 0 Å². The predicted molar refractivity (Wildman–Crippen MR) is 83.9 cm³/mol. The standard InChI is InChI=1S/C16H14F3N5/c1-20-9-13-15(22-23-21-13)14-6-3-7-24(14)10-11-4-2-5-12(8-11)16(17,18)19/h2-9H,10H2,1H3,(H,21,22,23)/b20-9+. The molecule has 0 aliphatic rings. The molecule has 8 heteroatoms. The summed E-state index contributed by atoms with van der Waals surface area (Å²) in [6.07, 6.45) is -0.972.